The van der Waals surface area contributed by atoms with E-state index < -0.39 is 27.9 Å². The van der Waals surface area contributed by atoms with Crippen LogP contribution in [0.4, 0.5) is 13.2 Å². The van der Waals surface area contributed by atoms with Crippen LogP contribution in [0.2, 0.25) is 10.0 Å². The first-order chi connectivity index (χ1) is 23.9. The van der Waals surface area contributed by atoms with Gasteiger partial charge in [0.15, 0.2) is 5.69 Å². The molecular formula is C34H33Cl2F3N6O3S2. The Balaban J connectivity index is 1.43. The van der Waals surface area contributed by atoms with Gasteiger partial charge in [0.25, 0.3) is 16.1 Å². The van der Waals surface area contributed by atoms with Crippen LogP contribution < -0.4 is 10.1 Å². The second kappa shape index (κ2) is 15.4. The van der Waals surface area contributed by atoms with E-state index in [0.717, 1.165) is 50.7 Å². The number of alkyl halides is 3. The molecule has 9 nitrogen and oxygen atoms in total. The molecule has 4 aromatic rings. The summed E-state index contributed by atoms with van der Waals surface area (Å²) in [6.45, 7) is 1.90. The number of hydrogen-bond acceptors (Lipinski definition) is 6. The Bertz CT molecular complexity index is 2030. The van der Waals surface area contributed by atoms with Crippen molar-refractivity contribution in [1.29, 1.82) is 0 Å². The number of hydrazine groups is 1. The lowest BCUT2D eigenvalue weighted by Gasteiger charge is -2.27. The molecule has 2 aromatic heterocycles. The lowest BCUT2D eigenvalue weighted by Crippen LogP contribution is -2.46. The first-order valence-electron chi connectivity index (χ1n) is 16.1. The van der Waals surface area contributed by atoms with Crippen LogP contribution >= 0.6 is 34.5 Å². The number of benzene rings is 2. The van der Waals surface area contributed by atoms with E-state index in [0.29, 0.717) is 63.5 Å². The minimum atomic E-state index is -4.45. The maximum atomic E-state index is 13.9. The monoisotopic (exact) mass is 764 g/mol. The number of nitrogens with zero attached hydrogens (tertiary/aromatic N) is 4. The van der Waals surface area contributed by atoms with Crippen molar-refractivity contribution < 1.29 is 26.4 Å². The zero-order valence-corrected chi connectivity index (χ0v) is 29.8. The number of piperidine rings is 2. The summed E-state index contributed by atoms with van der Waals surface area (Å²) in [7, 11) is -3.89. The van der Waals surface area contributed by atoms with Crippen molar-refractivity contribution >= 4 is 50.7 Å². The standard InChI is InChI=1S/C34H33Cl2F3N6O3S2/c35-25-12-15-29(28(36)21-25)45-32(30-16-14-26(49-30)13-9-23-7-10-24(11-8-23)34(37,38)39)27(22-40-50(47,48)44-19-5-2-6-20-44)31(41-45)33(46)42-43-17-3-1-4-18-43/h7-8,10-12,14-16,21,40H,1-6,17-20,22H2,(H,42,46). The second-order valence-electron chi connectivity index (χ2n) is 11.9. The Labute approximate surface area is 302 Å². The normalized spacial score (nSPS) is 16.2. The minimum absolute atomic E-state index is 0.0173. The van der Waals surface area contributed by atoms with Crippen LogP contribution in [-0.4, -0.2) is 59.6 Å². The molecule has 2 aliphatic rings. The SMILES string of the molecule is O=C(NN1CCCCC1)c1nn(-c2ccc(Cl)cc2Cl)c(-c2ccc(C#Cc3ccc(C(F)(F)F)cc3)s2)c1CNS(=O)(=O)N1CCCCC1. The smallest absolute Gasteiger partial charge is 0.283 e. The van der Waals surface area contributed by atoms with Gasteiger partial charge in [-0.05, 0) is 80.3 Å². The molecule has 2 aliphatic heterocycles. The molecule has 50 heavy (non-hydrogen) atoms. The van der Waals surface area contributed by atoms with Crippen molar-refractivity contribution in [3.05, 3.63) is 91.9 Å². The van der Waals surface area contributed by atoms with Gasteiger partial charge in [-0.15, -0.1) is 11.3 Å². The van der Waals surface area contributed by atoms with Gasteiger partial charge in [0.1, 0.15) is 0 Å². The predicted octanol–water partition coefficient (Wildman–Crippen LogP) is 7.28. The number of thiophene rings is 1. The summed E-state index contributed by atoms with van der Waals surface area (Å²) >= 11 is 14.1. The van der Waals surface area contributed by atoms with Crippen molar-refractivity contribution in [2.45, 2.75) is 51.2 Å². The second-order valence-corrected chi connectivity index (χ2v) is 15.6. The van der Waals surface area contributed by atoms with Crippen LogP contribution in [0.25, 0.3) is 16.3 Å². The fraction of sp³-hybridized carbons (Fsp3) is 0.353. The van der Waals surface area contributed by atoms with Gasteiger partial charge in [0.2, 0.25) is 0 Å². The molecule has 264 valence electrons. The lowest BCUT2D eigenvalue weighted by atomic mass is 10.1. The fourth-order valence-electron chi connectivity index (χ4n) is 5.85. The van der Waals surface area contributed by atoms with Crippen molar-refractivity contribution in [2.24, 2.45) is 0 Å². The highest BCUT2D eigenvalue weighted by Gasteiger charge is 2.31. The average molecular weight is 766 g/mol. The third-order valence-electron chi connectivity index (χ3n) is 8.42. The largest absolute Gasteiger partial charge is 0.416 e. The molecule has 0 radical (unpaired) electrons. The Morgan fingerprint density at radius 1 is 0.900 bits per heavy atom. The highest BCUT2D eigenvalue weighted by atomic mass is 35.5. The van der Waals surface area contributed by atoms with Crippen molar-refractivity contribution in [3.63, 3.8) is 0 Å². The highest BCUT2D eigenvalue weighted by Crippen LogP contribution is 2.37. The van der Waals surface area contributed by atoms with E-state index in [1.54, 1.807) is 30.3 Å². The summed E-state index contributed by atoms with van der Waals surface area (Å²) < 4.78 is 71.6. The molecule has 2 N–H and O–H groups in total. The Hall–Kier alpha value is -3.42. The van der Waals surface area contributed by atoms with E-state index in [9.17, 15) is 26.4 Å². The lowest BCUT2D eigenvalue weighted by molar-refractivity contribution is -0.137. The number of hydrogen-bond donors (Lipinski definition) is 2. The zero-order chi connectivity index (χ0) is 35.5. The Morgan fingerprint density at radius 2 is 1.58 bits per heavy atom. The summed E-state index contributed by atoms with van der Waals surface area (Å²) in [5.41, 5.74) is 3.76. The van der Waals surface area contributed by atoms with Gasteiger partial charge in [-0.2, -0.15) is 35.7 Å². The van der Waals surface area contributed by atoms with Gasteiger partial charge in [-0.1, -0.05) is 47.9 Å². The topological polar surface area (TPSA) is 99.6 Å². The molecule has 6 rings (SSSR count). The van der Waals surface area contributed by atoms with Crippen LogP contribution in [-0.2, 0) is 22.9 Å². The maximum Gasteiger partial charge on any atom is 0.416 e. The molecule has 0 aliphatic carbocycles. The third-order valence-corrected chi connectivity index (χ3v) is 11.5. The molecule has 2 fully saturated rings. The first kappa shape index (κ1) is 36.4. The third kappa shape index (κ3) is 8.54. The van der Waals surface area contributed by atoms with Gasteiger partial charge in [0.05, 0.1) is 31.7 Å². The number of rotatable bonds is 8. The van der Waals surface area contributed by atoms with Crippen molar-refractivity contribution in [2.75, 3.05) is 26.2 Å². The van der Waals surface area contributed by atoms with E-state index in [-0.39, 0.29) is 17.3 Å². The molecule has 1 amide bonds. The summed E-state index contributed by atoms with van der Waals surface area (Å²) in [6, 6.07) is 12.9. The first-order valence-corrected chi connectivity index (χ1v) is 19.1. The summed E-state index contributed by atoms with van der Waals surface area (Å²) in [4.78, 5) is 15.1. The van der Waals surface area contributed by atoms with Gasteiger partial charge >= 0.3 is 6.18 Å². The molecule has 2 saturated heterocycles. The van der Waals surface area contributed by atoms with Crippen molar-refractivity contribution in [3.8, 4) is 28.1 Å². The number of amides is 1. The number of aromatic nitrogens is 2. The summed E-state index contributed by atoms with van der Waals surface area (Å²) in [5.74, 6) is 5.40. The molecule has 4 heterocycles. The zero-order valence-electron chi connectivity index (χ0n) is 26.7. The molecule has 0 saturated carbocycles. The van der Waals surface area contributed by atoms with E-state index in [4.69, 9.17) is 28.3 Å². The molecule has 0 unspecified atom stereocenters. The molecule has 2 aromatic carbocycles. The van der Waals surface area contributed by atoms with Crippen LogP contribution in [0.3, 0.4) is 0 Å². The van der Waals surface area contributed by atoms with Crippen LogP contribution in [0.1, 0.15) is 70.6 Å². The molecular weight excluding hydrogens is 732 g/mol. The van der Waals surface area contributed by atoms with E-state index in [1.807, 2.05) is 5.01 Å². The van der Waals surface area contributed by atoms with Crippen LogP contribution in [0.5, 0.6) is 0 Å². The minimum Gasteiger partial charge on any atom is -0.283 e. The van der Waals surface area contributed by atoms with Gasteiger partial charge < -0.3 is 0 Å². The summed E-state index contributed by atoms with van der Waals surface area (Å²) in [5, 5.41) is 7.22. The quantitative estimate of drug-likeness (QED) is 0.184. The van der Waals surface area contributed by atoms with Gasteiger partial charge in [-0.3, -0.25) is 10.2 Å². The number of carbonyl (C=O) groups is 1. The van der Waals surface area contributed by atoms with Crippen molar-refractivity contribution in [1.82, 2.24) is 29.2 Å². The summed E-state index contributed by atoms with van der Waals surface area (Å²) in [6.07, 6.45) is 0.930. The van der Waals surface area contributed by atoms with Crippen LogP contribution in [0.15, 0.2) is 54.6 Å². The average Bonchev–Trinajstić information content (AvgIpc) is 3.72. The van der Waals surface area contributed by atoms with Crippen LogP contribution in [0, 0.1) is 11.8 Å². The molecule has 0 bridgehead atoms. The molecule has 16 heteroatoms. The number of nitrogens with one attached hydrogen (secondary N) is 2. The number of halogens is 5. The Morgan fingerprint density at radius 3 is 2.24 bits per heavy atom. The fourth-order valence-corrected chi connectivity index (χ4v) is 8.51. The number of carbonyl (C=O) groups excluding carboxylic acids is 1. The van der Waals surface area contributed by atoms with E-state index in [2.05, 4.69) is 22.0 Å². The molecule has 0 atom stereocenters. The van der Waals surface area contributed by atoms with E-state index >= 15 is 0 Å². The maximum absolute atomic E-state index is 13.9. The predicted molar refractivity (Wildman–Crippen MR) is 188 cm³/mol. The molecule has 0 spiro atoms. The Kier molecular flexibility index (Phi) is 11.2. The van der Waals surface area contributed by atoms with E-state index in [1.165, 1.54) is 32.5 Å². The van der Waals surface area contributed by atoms with Gasteiger partial charge in [-0.25, -0.2) is 9.69 Å². The van der Waals surface area contributed by atoms with Gasteiger partial charge in [0, 0.05) is 48.9 Å². The highest BCUT2D eigenvalue weighted by molar-refractivity contribution is 7.87.